The average molecular weight is 370 g/mol. The molecule has 0 fully saturated rings. The number of hydrogen-bond acceptors (Lipinski definition) is 4. The minimum absolute atomic E-state index is 0.0232. The van der Waals surface area contributed by atoms with E-state index in [1.165, 1.54) is 10.4 Å². The van der Waals surface area contributed by atoms with E-state index in [1.807, 2.05) is 42.5 Å². The van der Waals surface area contributed by atoms with Crippen LogP contribution >= 0.6 is 11.6 Å². The molecule has 1 heterocycles. The smallest absolute Gasteiger partial charge is 0.248 e. The minimum Gasteiger partial charge on any atom is -0.324 e. The van der Waals surface area contributed by atoms with E-state index in [0.29, 0.717) is 22.3 Å². The summed E-state index contributed by atoms with van der Waals surface area (Å²) < 4.78 is 0. The molecule has 134 valence electrons. The van der Waals surface area contributed by atoms with Crippen LogP contribution in [0.15, 0.2) is 48.5 Å². The van der Waals surface area contributed by atoms with Gasteiger partial charge in [-0.1, -0.05) is 49.7 Å². The average Bonchev–Trinajstić information content (AvgIpc) is 3.10. The highest BCUT2D eigenvalue weighted by Gasteiger charge is 2.12. The number of halogens is 1. The third-order valence-electron chi connectivity index (χ3n) is 4.23. The van der Waals surface area contributed by atoms with Crippen LogP contribution in [0.5, 0.6) is 0 Å². The zero-order valence-electron chi connectivity index (χ0n) is 14.7. The molecule has 7 heteroatoms. The highest BCUT2D eigenvalue weighted by atomic mass is 35.5. The van der Waals surface area contributed by atoms with Crippen molar-refractivity contribution < 1.29 is 4.79 Å². The molecule has 26 heavy (non-hydrogen) atoms. The number of benzene rings is 2. The Kier molecular flexibility index (Phi) is 5.63. The number of amides is 1. The van der Waals surface area contributed by atoms with Gasteiger partial charge in [-0.3, -0.25) is 4.79 Å². The quantitative estimate of drug-likeness (QED) is 0.708. The second kappa shape index (κ2) is 8.10. The number of nitrogens with one attached hydrogen (secondary N) is 1. The van der Waals surface area contributed by atoms with Crippen LogP contribution in [-0.4, -0.2) is 26.1 Å². The highest BCUT2D eigenvalue weighted by Crippen LogP contribution is 2.23. The second-order valence-corrected chi connectivity index (χ2v) is 6.51. The second-order valence-electron chi connectivity index (χ2n) is 6.10. The third kappa shape index (κ3) is 4.26. The molecule has 1 N–H and O–H groups in total. The summed E-state index contributed by atoms with van der Waals surface area (Å²) in [6, 6.07) is 15.1. The molecule has 0 saturated carbocycles. The van der Waals surface area contributed by atoms with Crippen molar-refractivity contribution in [1.82, 2.24) is 20.2 Å². The summed E-state index contributed by atoms with van der Waals surface area (Å²) in [4.78, 5) is 13.5. The van der Waals surface area contributed by atoms with E-state index in [1.54, 1.807) is 6.07 Å². The predicted molar refractivity (Wildman–Crippen MR) is 102 cm³/mol. The molecule has 0 spiro atoms. The molecule has 0 unspecified atom stereocenters. The Morgan fingerprint density at radius 1 is 1.19 bits per heavy atom. The maximum atomic E-state index is 12.2. The number of hydrogen-bond donors (Lipinski definition) is 1. The lowest BCUT2D eigenvalue weighted by molar-refractivity contribution is -0.117. The number of anilines is 1. The Balaban J connectivity index is 1.63. The van der Waals surface area contributed by atoms with Gasteiger partial charge in [0, 0.05) is 11.3 Å². The van der Waals surface area contributed by atoms with Gasteiger partial charge in [0.15, 0.2) is 0 Å². The molecule has 0 aliphatic rings. The molecule has 0 bridgehead atoms. The van der Waals surface area contributed by atoms with Crippen LogP contribution in [0, 0.1) is 0 Å². The third-order valence-corrected chi connectivity index (χ3v) is 4.56. The molecule has 0 radical (unpaired) electrons. The number of tetrazole rings is 1. The fourth-order valence-electron chi connectivity index (χ4n) is 2.52. The predicted octanol–water partition coefficient (Wildman–Crippen LogP) is 4.15. The molecule has 3 aromatic rings. The molecular weight excluding hydrogens is 350 g/mol. The van der Waals surface area contributed by atoms with E-state index in [-0.39, 0.29) is 12.5 Å². The van der Waals surface area contributed by atoms with Crippen LogP contribution in [-0.2, 0) is 11.3 Å². The Hall–Kier alpha value is -2.73. The summed E-state index contributed by atoms with van der Waals surface area (Å²) in [5.74, 6) is 0.674. The lowest BCUT2D eigenvalue weighted by atomic mass is 9.99. The van der Waals surface area contributed by atoms with Gasteiger partial charge in [-0.05, 0) is 47.4 Å². The van der Waals surface area contributed by atoms with Crippen molar-refractivity contribution in [2.75, 3.05) is 5.32 Å². The maximum Gasteiger partial charge on any atom is 0.248 e. The van der Waals surface area contributed by atoms with Crippen LogP contribution < -0.4 is 5.32 Å². The van der Waals surface area contributed by atoms with Gasteiger partial charge in [0.2, 0.25) is 11.7 Å². The summed E-state index contributed by atoms with van der Waals surface area (Å²) in [5.41, 5.74) is 2.68. The number of carbonyl (C=O) groups excluding carboxylic acids is 1. The zero-order chi connectivity index (χ0) is 18.5. The van der Waals surface area contributed by atoms with Crippen molar-refractivity contribution in [3.8, 4) is 11.4 Å². The van der Waals surface area contributed by atoms with Gasteiger partial charge in [0.05, 0.1) is 5.02 Å². The first-order valence-electron chi connectivity index (χ1n) is 8.49. The first-order chi connectivity index (χ1) is 12.6. The van der Waals surface area contributed by atoms with Crippen molar-refractivity contribution >= 4 is 23.2 Å². The van der Waals surface area contributed by atoms with E-state index < -0.39 is 0 Å². The summed E-state index contributed by atoms with van der Waals surface area (Å²) in [6.45, 7) is 4.31. The zero-order valence-corrected chi connectivity index (χ0v) is 15.4. The number of nitrogens with zero attached hydrogens (tertiary/aromatic N) is 4. The summed E-state index contributed by atoms with van der Waals surface area (Å²) in [6.07, 6.45) is 1.08. The Bertz CT molecular complexity index is 891. The van der Waals surface area contributed by atoms with Gasteiger partial charge in [-0.15, -0.1) is 10.2 Å². The lowest BCUT2D eigenvalue weighted by Gasteiger charge is -2.10. The molecule has 1 amide bonds. The Morgan fingerprint density at radius 3 is 2.62 bits per heavy atom. The van der Waals surface area contributed by atoms with Crippen molar-refractivity contribution in [2.45, 2.75) is 32.7 Å². The first kappa shape index (κ1) is 18.1. The lowest BCUT2D eigenvalue weighted by Crippen LogP contribution is -2.20. The summed E-state index contributed by atoms with van der Waals surface area (Å²) in [7, 11) is 0. The molecule has 1 atom stereocenters. The molecule has 6 nitrogen and oxygen atoms in total. The molecule has 2 aromatic carbocycles. The van der Waals surface area contributed by atoms with E-state index in [2.05, 4.69) is 34.6 Å². The fourth-order valence-corrected chi connectivity index (χ4v) is 2.74. The fraction of sp³-hybridized carbons (Fsp3) is 0.263. The molecule has 3 rings (SSSR count). The molecule has 0 aliphatic heterocycles. The minimum atomic E-state index is -0.218. The van der Waals surface area contributed by atoms with Crippen LogP contribution in [0.2, 0.25) is 5.02 Å². The van der Waals surface area contributed by atoms with Crippen LogP contribution in [0.1, 0.15) is 31.7 Å². The van der Waals surface area contributed by atoms with Crippen LogP contribution in [0.25, 0.3) is 11.4 Å². The Labute approximate surface area is 157 Å². The van der Waals surface area contributed by atoms with E-state index in [4.69, 9.17) is 11.6 Å². The molecule has 0 saturated heterocycles. The first-order valence-corrected chi connectivity index (χ1v) is 8.87. The highest BCUT2D eigenvalue weighted by molar-refractivity contribution is 6.33. The summed E-state index contributed by atoms with van der Waals surface area (Å²) >= 11 is 6.13. The van der Waals surface area contributed by atoms with Crippen LogP contribution in [0.4, 0.5) is 5.69 Å². The van der Waals surface area contributed by atoms with Gasteiger partial charge in [-0.25, -0.2) is 0 Å². The standard InChI is InChI=1S/C19H20ClN5O/c1-3-13(2)14-8-10-15(11-9-14)21-18(26)12-25-23-19(22-24-25)16-6-4-5-7-17(16)20/h4-11,13H,3,12H2,1-2H3,(H,21,26)/t13-/m1/s1. The SMILES string of the molecule is CC[C@@H](C)c1ccc(NC(=O)Cn2nnc(-c3ccccc3Cl)n2)cc1. The molecule has 0 aliphatic carbocycles. The largest absolute Gasteiger partial charge is 0.324 e. The monoisotopic (exact) mass is 369 g/mol. The topological polar surface area (TPSA) is 72.7 Å². The van der Waals surface area contributed by atoms with E-state index in [9.17, 15) is 4.79 Å². The van der Waals surface area contributed by atoms with E-state index in [0.717, 1.165) is 12.1 Å². The number of rotatable bonds is 6. The molecular formula is C19H20ClN5O. The van der Waals surface area contributed by atoms with Crippen molar-refractivity contribution in [3.05, 3.63) is 59.1 Å². The van der Waals surface area contributed by atoms with Crippen molar-refractivity contribution in [1.29, 1.82) is 0 Å². The number of aromatic nitrogens is 4. The van der Waals surface area contributed by atoms with Gasteiger partial charge in [-0.2, -0.15) is 4.80 Å². The summed E-state index contributed by atoms with van der Waals surface area (Å²) in [5, 5.41) is 15.5. The normalized spacial score (nSPS) is 12.0. The van der Waals surface area contributed by atoms with Gasteiger partial charge >= 0.3 is 0 Å². The van der Waals surface area contributed by atoms with Crippen LogP contribution in [0.3, 0.4) is 0 Å². The van der Waals surface area contributed by atoms with Crippen molar-refractivity contribution in [3.63, 3.8) is 0 Å². The Morgan fingerprint density at radius 2 is 1.92 bits per heavy atom. The van der Waals surface area contributed by atoms with Gasteiger partial charge < -0.3 is 5.32 Å². The molecule has 1 aromatic heterocycles. The van der Waals surface area contributed by atoms with Gasteiger partial charge in [0.25, 0.3) is 0 Å². The number of carbonyl (C=O) groups is 1. The van der Waals surface area contributed by atoms with Gasteiger partial charge in [0.1, 0.15) is 6.54 Å². The maximum absolute atomic E-state index is 12.2. The van der Waals surface area contributed by atoms with E-state index >= 15 is 0 Å². The van der Waals surface area contributed by atoms with Crippen molar-refractivity contribution in [2.24, 2.45) is 0 Å².